The molecule has 20 heavy (non-hydrogen) atoms. The summed E-state index contributed by atoms with van der Waals surface area (Å²) in [5.41, 5.74) is 1.92. The van der Waals surface area contributed by atoms with Crippen LogP contribution in [0, 0.1) is 17.5 Å². The molecule has 5 heteroatoms. The van der Waals surface area contributed by atoms with Gasteiger partial charge in [0, 0.05) is 23.6 Å². The van der Waals surface area contributed by atoms with Crippen LogP contribution in [-0.2, 0) is 5.75 Å². The Morgan fingerprint density at radius 2 is 1.75 bits per heavy atom. The van der Waals surface area contributed by atoms with Gasteiger partial charge < -0.3 is 5.32 Å². The Morgan fingerprint density at radius 3 is 2.50 bits per heavy atom. The van der Waals surface area contributed by atoms with E-state index in [1.54, 1.807) is 11.8 Å². The summed E-state index contributed by atoms with van der Waals surface area (Å²) in [5, 5.41) is 2.86. The zero-order chi connectivity index (χ0) is 14.1. The molecule has 1 aliphatic heterocycles. The molecular formula is C15H12F3NS. The van der Waals surface area contributed by atoms with Gasteiger partial charge in [0.2, 0.25) is 0 Å². The summed E-state index contributed by atoms with van der Waals surface area (Å²) in [6.07, 6.45) is 0. The van der Waals surface area contributed by atoms with E-state index >= 15 is 0 Å². The SMILES string of the molecule is Fc1cc(F)c(NC2CSCc3ccccc32)c(F)c1. The van der Waals surface area contributed by atoms with Crippen molar-refractivity contribution in [3.63, 3.8) is 0 Å². The molecule has 104 valence electrons. The summed E-state index contributed by atoms with van der Waals surface area (Å²) < 4.78 is 40.3. The first kappa shape index (κ1) is 13.4. The molecule has 1 unspecified atom stereocenters. The third kappa shape index (κ3) is 2.50. The fourth-order valence-electron chi connectivity index (χ4n) is 2.36. The van der Waals surface area contributed by atoms with E-state index in [9.17, 15) is 13.2 Å². The van der Waals surface area contributed by atoms with Gasteiger partial charge in [0.05, 0.1) is 6.04 Å². The van der Waals surface area contributed by atoms with Crippen LogP contribution in [0.3, 0.4) is 0 Å². The minimum Gasteiger partial charge on any atom is -0.373 e. The first-order chi connectivity index (χ1) is 9.65. The Labute approximate surface area is 119 Å². The van der Waals surface area contributed by atoms with E-state index in [0.717, 1.165) is 16.9 Å². The number of thioether (sulfide) groups is 1. The molecule has 0 amide bonds. The molecule has 2 aromatic carbocycles. The van der Waals surface area contributed by atoms with E-state index in [4.69, 9.17) is 0 Å². The minimum atomic E-state index is -0.913. The third-order valence-corrected chi connectivity index (χ3v) is 4.38. The van der Waals surface area contributed by atoms with E-state index in [1.807, 2.05) is 24.3 Å². The summed E-state index contributed by atoms with van der Waals surface area (Å²) in [5.74, 6) is -1.12. The Hall–Kier alpha value is -1.62. The van der Waals surface area contributed by atoms with Gasteiger partial charge in [0.25, 0.3) is 0 Å². The quantitative estimate of drug-likeness (QED) is 0.875. The van der Waals surface area contributed by atoms with Crippen LogP contribution in [0.15, 0.2) is 36.4 Å². The first-order valence-electron chi connectivity index (χ1n) is 6.22. The van der Waals surface area contributed by atoms with Crippen molar-refractivity contribution >= 4 is 17.4 Å². The predicted molar refractivity (Wildman–Crippen MR) is 75.3 cm³/mol. The monoisotopic (exact) mass is 295 g/mol. The number of nitrogens with one attached hydrogen (secondary N) is 1. The van der Waals surface area contributed by atoms with Gasteiger partial charge in [-0.2, -0.15) is 11.8 Å². The lowest BCUT2D eigenvalue weighted by molar-refractivity contribution is 0.545. The highest BCUT2D eigenvalue weighted by molar-refractivity contribution is 7.98. The second-order valence-electron chi connectivity index (χ2n) is 4.66. The normalized spacial score (nSPS) is 17.6. The van der Waals surface area contributed by atoms with Crippen molar-refractivity contribution in [1.82, 2.24) is 0 Å². The molecule has 1 atom stereocenters. The molecule has 1 nitrogen and oxygen atoms in total. The average Bonchev–Trinajstić information content (AvgIpc) is 2.43. The summed E-state index contributed by atoms with van der Waals surface area (Å²) >= 11 is 1.70. The molecule has 1 aliphatic rings. The van der Waals surface area contributed by atoms with Crippen molar-refractivity contribution in [2.75, 3.05) is 11.1 Å². The van der Waals surface area contributed by atoms with Crippen molar-refractivity contribution in [2.45, 2.75) is 11.8 Å². The number of fused-ring (bicyclic) bond motifs is 1. The van der Waals surface area contributed by atoms with Crippen LogP contribution in [-0.4, -0.2) is 5.75 Å². The summed E-state index contributed by atoms with van der Waals surface area (Å²) in [7, 11) is 0. The Balaban J connectivity index is 1.94. The molecule has 0 spiro atoms. The van der Waals surface area contributed by atoms with Crippen LogP contribution in [0.1, 0.15) is 17.2 Å². The Kier molecular flexibility index (Phi) is 3.61. The van der Waals surface area contributed by atoms with Crippen molar-refractivity contribution in [3.05, 3.63) is 65.0 Å². The molecule has 0 fully saturated rings. The smallest absolute Gasteiger partial charge is 0.152 e. The van der Waals surface area contributed by atoms with Crippen LogP contribution in [0.4, 0.5) is 18.9 Å². The fourth-order valence-corrected chi connectivity index (χ4v) is 3.46. The fraction of sp³-hybridized carbons (Fsp3) is 0.200. The maximum Gasteiger partial charge on any atom is 0.152 e. The van der Waals surface area contributed by atoms with Crippen LogP contribution >= 0.6 is 11.8 Å². The number of anilines is 1. The largest absolute Gasteiger partial charge is 0.373 e. The number of halogens is 3. The van der Waals surface area contributed by atoms with Crippen molar-refractivity contribution < 1.29 is 13.2 Å². The lowest BCUT2D eigenvalue weighted by Crippen LogP contribution is -2.20. The number of hydrogen-bond acceptors (Lipinski definition) is 2. The molecule has 2 aromatic rings. The average molecular weight is 295 g/mol. The number of benzene rings is 2. The number of hydrogen-bond donors (Lipinski definition) is 1. The second-order valence-corrected chi connectivity index (χ2v) is 5.69. The van der Waals surface area contributed by atoms with Gasteiger partial charge in [0.15, 0.2) is 11.6 Å². The highest BCUT2D eigenvalue weighted by Crippen LogP contribution is 2.35. The van der Waals surface area contributed by atoms with Gasteiger partial charge in [-0.3, -0.25) is 0 Å². The van der Waals surface area contributed by atoms with Crippen molar-refractivity contribution in [2.24, 2.45) is 0 Å². The first-order valence-corrected chi connectivity index (χ1v) is 7.37. The van der Waals surface area contributed by atoms with Crippen molar-refractivity contribution in [1.29, 1.82) is 0 Å². The van der Waals surface area contributed by atoms with Gasteiger partial charge in [-0.1, -0.05) is 24.3 Å². The summed E-state index contributed by atoms with van der Waals surface area (Å²) in [4.78, 5) is 0. The van der Waals surface area contributed by atoms with E-state index in [2.05, 4.69) is 5.32 Å². The van der Waals surface area contributed by atoms with Gasteiger partial charge in [-0.15, -0.1) is 0 Å². The summed E-state index contributed by atoms with van der Waals surface area (Å²) in [6, 6.07) is 9.00. The molecular weight excluding hydrogens is 283 g/mol. The Morgan fingerprint density at radius 1 is 1.05 bits per heavy atom. The van der Waals surface area contributed by atoms with E-state index in [0.29, 0.717) is 17.9 Å². The molecule has 0 aliphatic carbocycles. The lowest BCUT2D eigenvalue weighted by Gasteiger charge is -2.27. The number of rotatable bonds is 2. The molecule has 1 heterocycles. The molecule has 0 saturated carbocycles. The zero-order valence-electron chi connectivity index (χ0n) is 10.5. The molecule has 0 aromatic heterocycles. The lowest BCUT2D eigenvalue weighted by atomic mass is 10.0. The van der Waals surface area contributed by atoms with Gasteiger partial charge in [-0.25, -0.2) is 13.2 Å². The topological polar surface area (TPSA) is 12.0 Å². The van der Waals surface area contributed by atoms with Gasteiger partial charge in [-0.05, 0) is 11.1 Å². The van der Waals surface area contributed by atoms with Crippen LogP contribution in [0.2, 0.25) is 0 Å². The standard InChI is InChI=1S/C15H12F3NS/c16-10-5-12(17)15(13(18)6-10)19-14-8-20-7-9-3-1-2-4-11(9)14/h1-6,14,19H,7-8H2. The molecule has 0 radical (unpaired) electrons. The highest BCUT2D eigenvalue weighted by Gasteiger charge is 2.22. The van der Waals surface area contributed by atoms with Crippen LogP contribution in [0.25, 0.3) is 0 Å². The van der Waals surface area contributed by atoms with Crippen LogP contribution < -0.4 is 5.32 Å². The Bertz CT molecular complexity index is 622. The minimum absolute atomic E-state index is 0.181. The van der Waals surface area contributed by atoms with Gasteiger partial charge in [0.1, 0.15) is 11.5 Å². The highest BCUT2D eigenvalue weighted by atomic mass is 32.2. The predicted octanol–water partition coefficient (Wildman–Crippen LogP) is 4.50. The van der Waals surface area contributed by atoms with Gasteiger partial charge >= 0.3 is 0 Å². The maximum absolute atomic E-state index is 13.7. The molecule has 0 bridgehead atoms. The third-order valence-electron chi connectivity index (χ3n) is 3.30. The molecule has 0 saturated heterocycles. The molecule has 3 rings (SSSR count). The molecule has 1 N–H and O–H groups in total. The maximum atomic E-state index is 13.7. The summed E-state index contributed by atoms with van der Waals surface area (Å²) in [6.45, 7) is 0. The van der Waals surface area contributed by atoms with E-state index < -0.39 is 17.5 Å². The van der Waals surface area contributed by atoms with E-state index in [-0.39, 0.29) is 11.7 Å². The van der Waals surface area contributed by atoms with Crippen molar-refractivity contribution in [3.8, 4) is 0 Å². The van der Waals surface area contributed by atoms with E-state index in [1.165, 1.54) is 0 Å². The van der Waals surface area contributed by atoms with Crippen LogP contribution in [0.5, 0.6) is 0 Å². The zero-order valence-corrected chi connectivity index (χ0v) is 11.3. The second kappa shape index (κ2) is 5.40.